The lowest BCUT2D eigenvalue weighted by Crippen LogP contribution is -2.32. The van der Waals surface area contributed by atoms with E-state index in [1.165, 1.54) is 0 Å². The van der Waals surface area contributed by atoms with Crippen LogP contribution in [0.1, 0.15) is 24.5 Å². The van der Waals surface area contributed by atoms with Crippen LogP contribution in [0, 0.1) is 13.8 Å². The smallest absolute Gasteiger partial charge is 0.262 e. The molecule has 0 unspecified atom stereocenters. The van der Waals surface area contributed by atoms with E-state index in [1.807, 2.05) is 26.0 Å². The topological polar surface area (TPSA) is 38.1 Å². The summed E-state index contributed by atoms with van der Waals surface area (Å²) in [4.78, 5) is 22.2. The molecule has 3 aromatic rings. The summed E-state index contributed by atoms with van der Waals surface area (Å²) in [6, 6.07) is 5.49. The molecule has 4 nitrogen and oxygen atoms in total. The van der Waals surface area contributed by atoms with Crippen molar-refractivity contribution < 1.29 is 0 Å². The first-order valence-corrected chi connectivity index (χ1v) is 10.6. The number of benzene rings is 1. The summed E-state index contributed by atoms with van der Waals surface area (Å²) < 4.78 is 1.79. The molecule has 0 saturated heterocycles. The van der Waals surface area contributed by atoms with E-state index in [2.05, 4.69) is 18.7 Å². The molecule has 1 aromatic carbocycles. The number of halogens is 2. The molecule has 0 bridgehead atoms. The number of thiophene rings is 1. The van der Waals surface area contributed by atoms with Gasteiger partial charge in [0.25, 0.3) is 5.56 Å². The molecule has 2 heterocycles. The van der Waals surface area contributed by atoms with Crippen LogP contribution in [0.25, 0.3) is 21.3 Å². The highest BCUT2D eigenvalue weighted by molar-refractivity contribution is 7.19. The number of likely N-dealkylation sites (N-methyl/N-ethyl adjacent to an activating group) is 1. The predicted molar refractivity (Wildman–Crippen MR) is 117 cm³/mol. The summed E-state index contributed by atoms with van der Waals surface area (Å²) in [6.45, 7) is 11.6. The van der Waals surface area contributed by atoms with Crippen LogP contribution in [0.5, 0.6) is 0 Å². The summed E-state index contributed by atoms with van der Waals surface area (Å²) in [5.74, 6) is 0.751. The Balaban J connectivity index is 2.16. The van der Waals surface area contributed by atoms with E-state index in [4.69, 9.17) is 28.2 Å². The van der Waals surface area contributed by atoms with E-state index in [9.17, 15) is 4.79 Å². The Morgan fingerprint density at radius 1 is 1.15 bits per heavy atom. The van der Waals surface area contributed by atoms with E-state index < -0.39 is 0 Å². The van der Waals surface area contributed by atoms with Crippen molar-refractivity contribution in [3.63, 3.8) is 0 Å². The Morgan fingerprint density at radius 2 is 1.85 bits per heavy atom. The van der Waals surface area contributed by atoms with E-state index >= 15 is 0 Å². The van der Waals surface area contributed by atoms with Gasteiger partial charge in [-0.25, -0.2) is 4.98 Å². The molecule has 0 N–H and O–H groups in total. The van der Waals surface area contributed by atoms with Gasteiger partial charge in [-0.05, 0) is 44.6 Å². The molecule has 0 atom stereocenters. The minimum Gasteiger partial charge on any atom is -0.302 e. The third-order valence-corrected chi connectivity index (χ3v) is 6.66. The molecular weight excluding hydrogens is 401 g/mol. The summed E-state index contributed by atoms with van der Waals surface area (Å²) >= 11 is 13.8. The molecule has 7 heteroatoms. The zero-order valence-corrected chi connectivity index (χ0v) is 18.3. The molecule has 0 fully saturated rings. The zero-order valence-electron chi connectivity index (χ0n) is 16.0. The van der Waals surface area contributed by atoms with Crippen LogP contribution >= 0.6 is 34.5 Å². The monoisotopic (exact) mass is 423 g/mol. The quantitative estimate of drug-likeness (QED) is 0.533. The van der Waals surface area contributed by atoms with Crippen LogP contribution in [0.3, 0.4) is 0 Å². The fourth-order valence-corrected chi connectivity index (χ4v) is 4.72. The number of hydrogen-bond donors (Lipinski definition) is 0. The summed E-state index contributed by atoms with van der Waals surface area (Å²) in [6.07, 6.45) is 0. The Hall–Kier alpha value is -1.40. The maximum Gasteiger partial charge on any atom is 0.262 e. The van der Waals surface area contributed by atoms with Crippen molar-refractivity contribution in [3.8, 4) is 11.1 Å². The van der Waals surface area contributed by atoms with Crippen LogP contribution in [-0.4, -0.2) is 34.1 Å². The highest BCUT2D eigenvalue weighted by Crippen LogP contribution is 2.38. The van der Waals surface area contributed by atoms with Gasteiger partial charge < -0.3 is 4.90 Å². The third-order valence-electron chi connectivity index (χ3n) is 4.92. The van der Waals surface area contributed by atoms with Crippen molar-refractivity contribution in [2.75, 3.05) is 19.6 Å². The zero-order chi connectivity index (χ0) is 19.7. The number of fused-ring (bicyclic) bond motifs is 1. The van der Waals surface area contributed by atoms with Gasteiger partial charge in [-0.1, -0.05) is 43.1 Å². The van der Waals surface area contributed by atoms with Crippen molar-refractivity contribution in [2.24, 2.45) is 0 Å². The predicted octanol–water partition coefficient (Wildman–Crippen LogP) is 5.39. The van der Waals surface area contributed by atoms with Gasteiger partial charge in [0.15, 0.2) is 0 Å². The van der Waals surface area contributed by atoms with Gasteiger partial charge in [-0.3, -0.25) is 9.36 Å². The van der Waals surface area contributed by atoms with Crippen LogP contribution < -0.4 is 5.56 Å². The molecule has 0 saturated carbocycles. The van der Waals surface area contributed by atoms with Crippen molar-refractivity contribution in [1.29, 1.82) is 0 Å². The molecule has 0 aliphatic heterocycles. The van der Waals surface area contributed by atoms with Gasteiger partial charge in [0.2, 0.25) is 0 Å². The number of rotatable bonds is 6. The lowest BCUT2D eigenvalue weighted by atomic mass is 10.0. The second-order valence-electron chi connectivity index (χ2n) is 6.48. The highest BCUT2D eigenvalue weighted by atomic mass is 35.5. The Bertz CT molecular complexity index is 1040. The Labute approximate surface area is 173 Å². The van der Waals surface area contributed by atoms with Gasteiger partial charge >= 0.3 is 0 Å². The fourth-order valence-electron chi connectivity index (χ4n) is 3.34. The summed E-state index contributed by atoms with van der Waals surface area (Å²) in [7, 11) is 0. The van der Waals surface area contributed by atoms with E-state index in [1.54, 1.807) is 22.0 Å². The highest BCUT2D eigenvalue weighted by Gasteiger charge is 2.19. The third kappa shape index (κ3) is 3.92. The van der Waals surface area contributed by atoms with Gasteiger partial charge in [0.1, 0.15) is 10.7 Å². The van der Waals surface area contributed by atoms with Crippen LogP contribution in [0.15, 0.2) is 23.0 Å². The van der Waals surface area contributed by atoms with Gasteiger partial charge in [-0.15, -0.1) is 11.3 Å². The van der Waals surface area contributed by atoms with Crippen molar-refractivity contribution in [1.82, 2.24) is 14.5 Å². The van der Waals surface area contributed by atoms with E-state index in [0.717, 1.165) is 46.3 Å². The molecule has 0 spiro atoms. The van der Waals surface area contributed by atoms with Crippen molar-refractivity contribution in [3.05, 3.63) is 49.3 Å². The van der Waals surface area contributed by atoms with Crippen molar-refractivity contribution in [2.45, 2.75) is 34.2 Å². The number of aromatic nitrogens is 2. The summed E-state index contributed by atoms with van der Waals surface area (Å²) in [5.41, 5.74) is 1.81. The fraction of sp³-hybridized carbons (Fsp3) is 0.400. The first kappa shape index (κ1) is 20.3. The lowest BCUT2D eigenvalue weighted by Gasteiger charge is -2.19. The van der Waals surface area contributed by atoms with Crippen molar-refractivity contribution >= 4 is 44.8 Å². The normalized spacial score (nSPS) is 11.7. The number of aryl methyl sites for hydroxylation is 2. The first-order valence-electron chi connectivity index (χ1n) is 9.05. The first-order chi connectivity index (χ1) is 12.9. The largest absolute Gasteiger partial charge is 0.302 e. The molecule has 0 radical (unpaired) electrons. The molecule has 3 rings (SSSR count). The molecule has 0 aliphatic rings. The van der Waals surface area contributed by atoms with Gasteiger partial charge in [0, 0.05) is 23.5 Å². The minimum absolute atomic E-state index is 0.00933. The molecule has 0 aliphatic carbocycles. The molecule has 144 valence electrons. The van der Waals surface area contributed by atoms with Crippen LogP contribution in [-0.2, 0) is 6.54 Å². The second-order valence-corrected chi connectivity index (χ2v) is 8.50. The maximum absolute atomic E-state index is 13.3. The van der Waals surface area contributed by atoms with E-state index in [0.29, 0.717) is 22.0 Å². The lowest BCUT2D eigenvalue weighted by molar-refractivity contribution is 0.288. The standard InChI is InChI=1S/C20H23Cl2N3OS/c1-5-24(6-2)9-10-25-13(4)23-19-18(20(25)26)17(12(3)27-19)14-7-8-15(21)16(22)11-14/h7-8,11H,5-6,9-10H2,1-4H3. The van der Waals surface area contributed by atoms with Crippen LogP contribution in [0.4, 0.5) is 0 Å². The molecule has 0 amide bonds. The average Bonchev–Trinajstić information content (AvgIpc) is 2.96. The van der Waals surface area contributed by atoms with Gasteiger partial charge in [0.05, 0.1) is 15.4 Å². The minimum atomic E-state index is 0.00933. The number of nitrogens with zero attached hydrogens (tertiary/aromatic N) is 3. The molecular formula is C20H23Cl2N3OS. The Morgan fingerprint density at radius 3 is 2.48 bits per heavy atom. The maximum atomic E-state index is 13.3. The average molecular weight is 424 g/mol. The Kier molecular flexibility index (Phi) is 6.26. The molecule has 2 aromatic heterocycles. The molecule has 27 heavy (non-hydrogen) atoms. The number of hydrogen-bond acceptors (Lipinski definition) is 4. The summed E-state index contributed by atoms with van der Waals surface area (Å²) in [5, 5.41) is 1.65. The second kappa shape index (κ2) is 8.31. The van der Waals surface area contributed by atoms with Gasteiger partial charge in [-0.2, -0.15) is 0 Å². The van der Waals surface area contributed by atoms with E-state index in [-0.39, 0.29) is 5.56 Å². The SMILES string of the molecule is CCN(CC)CCn1c(C)nc2sc(C)c(-c3ccc(Cl)c(Cl)c3)c2c1=O. The van der Waals surface area contributed by atoms with Crippen LogP contribution in [0.2, 0.25) is 10.0 Å².